The summed E-state index contributed by atoms with van der Waals surface area (Å²) in [5.74, 6) is -3.03. The number of carboxylic acids is 1. The van der Waals surface area contributed by atoms with Crippen molar-refractivity contribution in [3.8, 4) is 0 Å². The molecule has 0 aromatic rings. The Kier molecular flexibility index (Phi) is 4.34. The number of aliphatic carboxylic acids is 1. The summed E-state index contributed by atoms with van der Waals surface area (Å²) in [6, 6.07) is -0.405. The molecule has 2 saturated heterocycles. The van der Waals surface area contributed by atoms with Crippen LogP contribution in [0.4, 0.5) is 18.0 Å². The molecule has 1 N–H and O–H groups in total. The minimum atomic E-state index is -4.27. The van der Waals surface area contributed by atoms with Crippen LogP contribution in [0.15, 0.2) is 0 Å². The fraction of sp³-hybridized carbons (Fsp3) is 0.846. The van der Waals surface area contributed by atoms with Gasteiger partial charge in [-0.1, -0.05) is 6.92 Å². The maximum absolute atomic E-state index is 12.7. The van der Waals surface area contributed by atoms with Gasteiger partial charge >= 0.3 is 18.2 Å². The van der Waals surface area contributed by atoms with Crippen molar-refractivity contribution in [1.29, 1.82) is 0 Å². The van der Waals surface area contributed by atoms with E-state index < -0.39 is 30.0 Å². The molecule has 2 aliphatic rings. The van der Waals surface area contributed by atoms with Gasteiger partial charge in [0.15, 0.2) is 0 Å². The second-order valence-corrected chi connectivity index (χ2v) is 5.90. The average Bonchev–Trinajstić information content (AvgIpc) is 2.35. The molecule has 2 fully saturated rings. The SMILES string of the molecule is CC(C(=O)O)C1CN(C(=O)N2CCCC(C(F)(F)F)C2)C1. The zero-order valence-corrected chi connectivity index (χ0v) is 11.8. The van der Waals surface area contributed by atoms with Crippen molar-refractivity contribution in [2.45, 2.75) is 25.9 Å². The number of urea groups is 1. The van der Waals surface area contributed by atoms with Gasteiger partial charge in [0, 0.05) is 32.1 Å². The fourth-order valence-corrected chi connectivity index (χ4v) is 2.80. The number of carbonyl (C=O) groups is 2. The number of piperidine rings is 1. The molecule has 2 heterocycles. The third-order valence-corrected chi connectivity index (χ3v) is 4.43. The quantitative estimate of drug-likeness (QED) is 0.849. The fourth-order valence-electron chi connectivity index (χ4n) is 2.80. The first kappa shape index (κ1) is 15.9. The van der Waals surface area contributed by atoms with Crippen LogP contribution >= 0.6 is 0 Å². The highest BCUT2D eigenvalue weighted by Crippen LogP contribution is 2.34. The number of amides is 2. The molecule has 2 unspecified atom stereocenters. The van der Waals surface area contributed by atoms with Gasteiger partial charge < -0.3 is 14.9 Å². The van der Waals surface area contributed by atoms with E-state index in [-0.39, 0.29) is 18.9 Å². The lowest BCUT2D eigenvalue weighted by molar-refractivity contribution is -0.184. The monoisotopic (exact) mass is 308 g/mol. The van der Waals surface area contributed by atoms with Crippen molar-refractivity contribution in [1.82, 2.24) is 9.80 Å². The highest BCUT2D eigenvalue weighted by molar-refractivity contribution is 5.76. The zero-order chi connectivity index (χ0) is 15.8. The second kappa shape index (κ2) is 5.73. The molecule has 0 aromatic heterocycles. The Hall–Kier alpha value is -1.47. The molecule has 0 radical (unpaired) electrons. The van der Waals surface area contributed by atoms with Gasteiger partial charge in [-0.2, -0.15) is 13.2 Å². The minimum absolute atomic E-state index is 0.0615. The number of carbonyl (C=O) groups excluding carboxylic acids is 1. The van der Waals surface area contributed by atoms with Crippen LogP contribution in [0.2, 0.25) is 0 Å². The summed E-state index contributed by atoms with van der Waals surface area (Å²) in [4.78, 5) is 25.6. The van der Waals surface area contributed by atoms with Crippen molar-refractivity contribution in [2.75, 3.05) is 26.2 Å². The molecule has 120 valence electrons. The summed E-state index contributed by atoms with van der Waals surface area (Å²) in [6.07, 6.45) is -3.86. The number of halogens is 3. The summed E-state index contributed by atoms with van der Waals surface area (Å²) < 4.78 is 38.1. The van der Waals surface area contributed by atoms with Crippen LogP contribution in [0, 0.1) is 17.8 Å². The Labute approximate surface area is 120 Å². The van der Waals surface area contributed by atoms with Crippen molar-refractivity contribution in [2.24, 2.45) is 17.8 Å². The van der Waals surface area contributed by atoms with Crippen molar-refractivity contribution in [3.05, 3.63) is 0 Å². The van der Waals surface area contributed by atoms with E-state index in [9.17, 15) is 22.8 Å². The van der Waals surface area contributed by atoms with Gasteiger partial charge in [0.05, 0.1) is 11.8 Å². The Morgan fingerprint density at radius 2 is 1.81 bits per heavy atom. The number of hydrogen-bond acceptors (Lipinski definition) is 2. The topological polar surface area (TPSA) is 60.9 Å². The average molecular weight is 308 g/mol. The van der Waals surface area contributed by atoms with Gasteiger partial charge in [-0.25, -0.2) is 4.79 Å². The van der Waals surface area contributed by atoms with Gasteiger partial charge in [0.25, 0.3) is 0 Å². The van der Waals surface area contributed by atoms with E-state index in [1.165, 1.54) is 9.80 Å². The van der Waals surface area contributed by atoms with Gasteiger partial charge in [-0.05, 0) is 12.8 Å². The molecular formula is C13H19F3N2O3. The summed E-state index contributed by atoms with van der Waals surface area (Å²) in [7, 11) is 0. The molecule has 0 aromatic carbocycles. The molecule has 5 nitrogen and oxygen atoms in total. The first-order valence-electron chi connectivity index (χ1n) is 7.03. The summed E-state index contributed by atoms with van der Waals surface area (Å²) in [5, 5.41) is 8.88. The van der Waals surface area contributed by atoms with Crippen LogP contribution in [-0.2, 0) is 4.79 Å². The Morgan fingerprint density at radius 1 is 1.19 bits per heavy atom. The second-order valence-electron chi connectivity index (χ2n) is 5.90. The number of likely N-dealkylation sites (tertiary alicyclic amines) is 2. The van der Waals surface area contributed by atoms with Crippen LogP contribution < -0.4 is 0 Å². The standard InChI is InChI=1S/C13H19F3N2O3/c1-8(11(19)20)9-5-18(6-9)12(21)17-4-2-3-10(7-17)13(14,15)16/h8-10H,2-7H2,1H3,(H,19,20). The van der Waals surface area contributed by atoms with E-state index in [1.807, 2.05) is 0 Å². The number of alkyl halides is 3. The molecule has 8 heteroatoms. The lowest BCUT2D eigenvalue weighted by atomic mass is 9.87. The van der Waals surface area contributed by atoms with E-state index in [4.69, 9.17) is 5.11 Å². The maximum Gasteiger partial charge on any atom is 0.393 e. The Bertz CT molecular complexity index is 421. The first-order chi connectivity index (χ1) is 9.70. The minimum Gasteiger partial charge on any atom is -0.481 e. The molecule has 2 atom stereocenters. The summed E-state index contributed by atoms with van der Waals surface area (Å²) in [5.41, 5.74) is 0. The molecule has 0 aliphatic carbocycles. The van der Waals surface area contributed by atoms with Crippen molar-refractivity contribution >= 4 is 12.0 Å². The number of hydrogen-bond donors (Lipinski definition) is 1. The predicted octanol–water partition coefficient (Wildman–Crippen LogP) is 2.03. The highest BCUT2D eigenvalue weighted by Gasteiger charge is 2.45. The van der Waals surface area contributed by atoms with E-state index in [1.54, 1.807) is 6.92 Å². The van der Waals surface area contributed by atoms with E-state index in [0.717, 1.165) is 0 Å². The van der Waals surface area contributed by atoms with Gasteiger partial charge in [-0.3, -0.25) is 4.79 Å². The van der Waals surface area contributed by atoms with E-state index in [0.29, 0.717) is 26.1 Å². The van der Waals surface area contributed by atoms with Crippen LogP contribution in [0.5, 0.6) is 0 Å². The van der Waals surface area contributed by atoms with Crippen LogP contribution in [0.1, 0.15) is 19.8 Å². The predicted molar refractivity (Wildman–Crippen MR) is 67.6 cm³/mol. The lowest BCUT2D eigenvalue weighted by Gasteiger charge is -2.45. The van der Waals surface area contributed by atoms with Crippen molar-refractivity contribution in [3.63, 3.8) is 0 Å². The number of carboxylic acid groups (broad SMARTS) is 1. The third kappa shape index (κ3) is 3.41. The molecule has 2 amide bonds. The summed E-state index contributed by atoms with van der Waals surface area (Å²) in [6.45, 7) is 2.23. The highest BCUT2D eigenvalue weighted by atomic mass is 19.4. The van der Waals surface area contributed by atoms with Crippen LogP contribution in [0.25, 0.3) is 0 Å². The Morgan fingerprint density at radius 3 is 2.33 bits per heavy atom. The molecule has 2 rings (SSSR count). The van der Waals surface area contributed by atoms with Crippen LogP contribution in [-0.4, -0.2) is 59.3 Å². The third-order valence-electron chi connectivity index (χ3n) is 4.43. The number of rotatable bonds is 2. The normalized spacial score (nSPS) is 25.4. The Balaban J connectivity index is 1.86. The molecule has 0 spiro atoms. The van der Waals surface area contributed by atoms with Gasteiger partial charge in [0.2, 0.25) is 0 Å². The molecule has 0 bridgehead atoms. The molecule has 2 aliphatic heterocycles. The molecule has 0 saturated carbocycles. The first-order valence-corrected chi connectivity index (χ1v) is 7.03. The molecular weight excluding hydrogens is 289 g/mol. The number of nitrogens with zero attached hydrogens (tertiary/aromatic N) is 2. The van der Waals surface area contributed by atoms with Gasteiger partial charge in [0.1, 0.15) is 0 Å². The zero-order valence-electron chi connectivity index (χ0n) is 11.8. The van der Waals surface area contributed by atoms with E-state index >= 15 is 0 Å². The smallest absolute Gasteiger partial charge is 0.393 e. The molecule has 21 heavy (non-hydrogen) atoms. The summed E-state index contributed by atoms with van der Waals surface area (Å²) >= 11 is 0. The lowest BCUT2D eigenvalue weighted by Crippen LogP contribution is -2.59. The van der Waals surface area contributed by atoms with E-state index in [2.05, 4.69) is 0 Å². The largest absolute Gasteiger partial charge is 0.481 e. The maximum atomic E-state index is 12.7. The van der Waals surface area contributed by atoms with Crippen molar-refractivity contribution < 1.29 is 27.9 Å². The van der Waals surface area contributed by atoms with Gasteiger partial charge in [-0.15, -0.1) is 0 Å². The van der Waals surface area contributed by atoms with Crippen LogP contribution in [0.3, 0.4) is 0 Å².